The van der Waals surface area contributed by atoms with Crippen molar-refractivity contribution >= 4 is 29.9 Å². The molecule has 8 heteroatoms. The monoisotopic (exact) mass is 481 g/mol. The number of benzene rings is 1. The summed E-state index contributed by atoms with van der Waals surface area (Å²) in [6, 6.07) is 5.79. The van der Waals surface area contributed by atoms with Crippen LogP contribution in [0, 0.1) is 11.2 Å². The molecule has 1 aromatic rings. The van der Waals surface area contributed by atoms with Crippen molar-refractivity contribution in [2.75, 3.05) is 39.5 Å². The van der Waals surface area contributed by atoms with Crippen molar-refractivity contribution in [2.24, 2.45) is 10.4 Å². The zero-order valence-corrected chi connectivity index (χ0v) is 17.4. The molecule has 0 aliphatic carbocycles. The van der Waals surface area contributed by atoms with E-state index in [0.717, 1.165) is 6.42 Å². The molecule has 1 heterocycles. The fraction of sp³-hybridized carbons (Fsp3) is 0.611. The van der Waals surface area contributed by atoms with E-state index >= 15 is 0 Å². The van der Waals surface area contributed by atoms with Gasteiger partial charge < -0.3 is 25.6 Å². The molecule has 0 bridgehead atoms. The lowest BCUT2D eigenvalue weighted by Gasteiger charge is -2.25. The van der Waals surface area contributed by atoms with E-state index in [0.29, 0.717) is 44.2 Å². The maximum atomic E-state index is 13.0. The van der Waals surface area contributed by atoms with Gasteiger partial charge in [0, 0.05) is 31.7 Å². The van der Waals surface area contributed by atoms with Crippen LogP contribution >= 0.6 is 24.0 Å². The summed E-state index contributed by atoms with van der Waals surface area (Å²) in [5, 5.41) is 25.8. The number of guanidine groups is 1. The summed E-state index contributed by atoms with van der Waals surface area (Å²) in [5.74, 6) is 0.277. The van der Waals surface area contributed by atoms with E-state index in [-0.39, 0.29) is 48.4 Å². The van der Waals surface area contributed by atoms with E-state index in [1.165, 1.54) is 12.1 Å². The van der Waals surface area contributed by atoms with Gasteiger partial charge in [-0.1, -0.05) is 12.1 Å². The molecule has 2 rings (SSSR count). The van der Waals surface area contributed by atoms with Crippen LogP contribution in [0.5, 0.6) is 0 Å². The van der Waals surface area contributed by atoms with Crippen LogP contribution in [0.1, 0.15) is 31.4 Å². The van der Waals surface area contributed by atoms with Crippen molar-refractivity contribution < 1.29 is 19.3 Å². The van der Waals surface area contributed by atoms with Crippen molar-refractivity contribution in [3.8, 4) is 0 Å². The Kier molecular flexibility index (Phi) is 10.4. The second kappa shape index (κ2) is 11.7. The molecule has 6 nitrogen and oxygen atoms in total. The van der Waals surface area contributed by atoms with E-state index in [2.05, 4.69) is 15.6 Å². The second-order valence-electron chi connectivity index (χ2n) is 6.42. The van der Waals surface area contributed by atoms with Gasteiger partial charge in [0.1, 0.15) is 5.82 Å². The predicted molar refractivity (Wildman–Crippen MR) is 110 cm³/mol. The van der Waals surface area contributed by atoms with E-state index in [1.54, 1.807) is 12.1 Å². The first-order chi connectivity index (χ1) is 12.1. The van der Waals surface area contributed by atoms with Crippen molar-refractivity contribution in [3.63, 3.8) is 0 Å². The van der Waals surface area contributed by atoms with Crippen LogP contribution in [-0.2, 0) is 4.74 Å². The summed E-state index contributed by atoms with van der Waals surface area (Å²) in [5.41, 5.74) is 0.526. The molecular formula is C18H29FIN3O3. The third-order valence-corrected chi connectivity index (χ3v) is 4.46. The van der Waals surface area contributed by atoms with Crippen molar-refractivity contribution in [1.82, 2.24) is 10.6 Å². The van der Waals surface area contributed by atoms with Crippen molar-refractivity contribution in [3.05, 3.63) is 35.6 Å². The Labute approximate surface area is 171 Å². The third kappa shape index (κ3) is 6.98. The van der Waals surface area contributed by atoms with Gasteiger partial charge in [-0.25, -0.2) is 4.39 Å². The summed E-state index contributed by atoms with van der Waals surface area (Å²) in [4.78, 5) is 4.60. The van der Waals surface area contributed by atoms with Gasteiger partial charge in [-0.15, -0.1) is 24.0 Å². The molecule has 0 radical (unpaired) electrons. The lowest BCUT2D eigenvalue weighted by molar-refractivity contribution is 0.131. The molecule has 1 aliphatic rings. The first kappa shape index (κ1) is 23.1. The number of rotatable bonds is 8. The van der Waals surface area contributed by atoms with Crippen molar-refractivity contribution in [2.45, 2.75) is 25.9 Å². The molecule has 0 spiro atoms. The van der Waals surface area contributed by atoms with Crippen LogP contribution in [0.4, 0.5) is 4.39 Å². The lowest BCUT2D eigenvalue weighted by Crippen LogP contribution is -2.40. The van der Waals surface area contributed by atoms with Gasteiger partial charge in [-0.2, -0.15) is 0 Å². The molecule has 4 N–H and O–H groups in total. The molecule has 1 fully saturated rings. The Morgan fingerprint density at radius 3 is 2.65 bits per heavy atom. The molecule has 148 valence electrons. The average molecular weight is 481 g/mol. The highest BCUT2D eigenvalue weighted by molar-refractivity contribution is 14.0. The number of aliphatic imine (C=N–C) groups is 1. The third-order valence-electron chi connectivity index (χ3n) is 4.46. The number of nitrogens with zero attached hydrogens (tertiary/aromatic N) is 1. The Morgan fingerprint density at radius 1 is 1.35 bits per heavy atom. The summed E-state index contributed by atoms with van der Waals surface area (Å²) >= 11 is 0. The Hall–Kier alpha value is -0.970. The fourth-order valence-corrected chi connectivity index (χ4v) is 2.87. The minimum Gasteiger partial charge on any atom is -0.396 e. The SMILES string of the molecule is CCNC(=NCC1(CCO)CCOC1)NCC(O)c1ccc(F)cc1.I. The van der Waals surface area contributed by atoms with Gasteiger partial charge in [0.05, 0.1) is 19.3 Å². The van der Waals surface area contributed by atoms with Crippen LogP contribution in [-0.4, -0.2) is 55.6 Å². The van der Waals surface area contributed by atoms with Gasteiger partial charge in [-0.3, -0.25) is 4.99 Å². The number of hydrogen-bond acceptors (Lipinski definition) is 4. The number of nitrogens with one attached hydrogen (secondary N) is 2. The van der Waals surface area contributed by atoms with Crippen LogP contribution in [0.3, 0.4) is 0 Å². The fourth-order valence-electron chi connectivity index (χ4n) is 2.87. The summed E-state index contributed by atoms with van der Waals surface area (Å²) in [6.07, 6.45) is 0.786. The molecule has 2 atom stereocenters. The molecular weight excluding hydrogens is 452 g/mol. The summed E-state index contributed by atoms with van der Waals surface area (Å²) < 4.78 is 18.4. The predicted octanol–water partition coefficient (Wildman–Crippen LogP) is 1.82. The molecule has 1 aliphatic heterocycles. The first-order valence-electron chi connectivity index (χ1n) is 8.73. The minimum atomic E-state index is -0.759. The normalized spacial score (nSPS) is 21.2. The van der Waals surface area contributed by atoms with Crippen LogP contribution < -0.4 is 10.6 Å². The molecule has 1 saturated heterocycles. The minimum absolute atomic E-state index is 0. The second-order valence-corrected chi connectivity index (χ2v) is 6.42. The van der Waals surface area contributed by atoms with E-state index in [9.17, 15) is 14.6 Å². The number of ether oxygens (including phenoxy) is 1. The highest BCUT2D eigenvalue weighted by atomic mass is 127. The standard InChI is InChI=1S/C18H28FN3O3.HI/c1-2-20-17(22-12-18(7-9-23)8-10-25-13-18)21-11-16(24)14-3-5-15(19)6-4-14;/h3-6,16,23-24H,2,7-13H2,1H3,(H2,20,21,22);1H. The molecule has 26 heavy (non-hydrogen) atoms. The van der Waals surface area contributed by atoms with E-state index in [1.807, 2.05) is 6.92 Å². The molecule has 0 aromatic heterocycles. The zero-order chi connectivity index (χ0) is 18.1. The number of halogens is 2. The van der Waals surface area contributed by atoms with Gasteiger partial charge in [-0.05, 0) is 37.5 Å². The first-order valence-corrected chi connectivity index (χ1v) is 8.73. The van der Waals surface area contributed by atoms with Gasteiger partial charge in [0.15, 0.2) is 5.96 Å². The molecule has 0 amide bonds. The highest BCUT2D eigenvalue weighted by Gasteiger charge is 2.34. The molecule has 2 unspecified atom stereocenters. The smallest absolute Gasteiger partial charge is 0.191 e. The summed E-state index contributed by atoms with van der Waals surface area (Å²) in [6.45, 7) is 4.90. The zero-order valence-electron chi connectivity index (χ0n) is 15.1. The maximum Gasteiger partial charge on any atom is 0.191 e. The van der Waals surface area contributed by atoms with Gasteiger partial charge >= 0.3 is 0 Å². The number of hydrogen-bond donors (Lipinski definition) is 4. The van der Waals surface area contributed by atoms with Crippen LogP contribution in [0.15, 0.2) is 29.3 Å². The summed E-state index contributed by atoms with van der Waals surface area (Å²) in [7, 11) is 0. The van der Waals surface area contributed by atoms with E-state index < -0.39 is 6.10 Å². The lowest BCUT2D eigenvalue weighted by atomic mass is 9.84. The highest BCUT2D eigenvalue weighted by Crippen LogP contribution is 2.32. The van der Waals surface area contributed by atoms with Crippen LogP contribution in [0.2, 0.25) is 0 Å². The van der Waals surface area contributed by atoms with Gasteiger partial charge in [0.2, 0.25) is 0 Å². The topological polar surface area (TPSA) is 86.1 Å². The quantitative estimate of drug-likeness (QED) is 0.259. The molecule has 1 aromatic carbocycles. The average Bonchev–Trinajstić information content (AvgIpc) is 3.07. The number of aliphatic hydroxyl groups is 2. The number of aliphatic hydroxyl groups excluding tert-OH is 2. The van der Waals surface area contributed by atoms with E-state index in [4.69, 9.17) is 4.74 Å². The molecule has 0 saturated carbocycles. The Bertz CT molecular complexity index is 551. The largest absolute Gasteiger partial charge is 0.396 e. The van der Waals surface area contributed by atoms with Crippen LogP contribution in [0.25, 0.3) is 0 Å². The maximum absolute atomic E-state index is 13.0. The Balaban J connectivity index is 0.00000338. The van der Waals surface area contributed by atoms with Gasteiger partial charge in [0.25, 0.3) is 0 Å². The van der Waals surface area contributed by atoms with Crippen molar-refractivity contribution in [1.29, 1.82) is 0 Å². The Morgan fingerprint density at radius 2 is 2.08 bits per heavy atom.